The summed E-state index contributed by atoms with van der Waals surface area (Å²) in [6, 6.07) is 11.4. The van der Waals surface area contributed by atoms with Gasteiger partial charge >= 0.3 is 11.9 Å². The van der Waals surface area contributed by atoms with Gasteiger partial charge in [0.05, 0.1) is 31.0 Å². The molecule has 1 aliphatic rings. The fourth-order valence-corrected chi connectivity index (χ4v) is 5.13. The van der Waals surface area contributed by atoms with Crippen molar-refractivity contribution in [2.24, 2.45) is 0 Å². The summed E-state index contributed by atoms with van der Waals surface area (Å²) >= 11 is 0.970. The molecule has 1 fully saturated rings. The number of aromatic nitrogens is 1. The van der Waals surface area contributed by atoms with E-state index in [1.54, 1.807) is 44.2 Å². The van der Waals surface area contributed by atoms with Crippen LogP contribution in [0.4, 0.5) is 5.13 Å². The molecule has 1 unspecified atom stereocenters. The Morgan fingerprint density at radius 1 is 1.11 bits per heavy atom. The number of aliphatic hydroxyl groups excluding tert-OH is 1. The first-order chi connectivity index (χ1) is 17.2. The number of anilines is 1. The molecule has 4 rings (SSSR count). The fourth-order valence-electron chi connectivity index (χ4n) is 4.14. The van der Waals surface area contributed by atoms with Crippen LogP contribution in [-0.4, -0.2) is 41.5 Å². The van der Waals surface area contributed by atoms with E-state index in [1.165, 1.54) is 12.0 Å². The number of methoxy groups -OCH3 is 1. The van der Waals surface area contributed by atoms with Gasteiger partial charge in [-0.15, -0.1) is 0 Å². The van der Waals surface area contributed by atoms with Crippen LogP contribution in [0.1, 0.15) is 50.6 Å². The second-order valence-corrected chi connectivity index (χ2v) is 9.37. The Balaban J connectivity index is 1.94. The van der Waals surface area contributed by atoms with Crippen LogP contribution >= 0.6 is 11.3 Å². The van der Waals surface area contributed by atoms with Crippen molar-refractivity contribution in [1.82, 2.24) is 4.98 Å². The molecule has 3 aromatic rings. The van der Waals surface area contributed by atoms with E-state index in [2.05, 4.69) is 4.98 Å². The number of benzene rings is 2. The molecular formula is C27H26N2O6S. The Hall–Kier alpha value is -3.98. The van der Waals surface area contributed by atoms with Gasteiger partial charge in [-0.25, -0.2) is 9.78 Å². The van der Waals surface area contributed by atoms with Gasteiger partial charge in [0.15, 0.2) is 5.13 Å². The molecule has 1 aliphatic heterocycles. The van der Waals surface area contributed by atoms with Crippen LogP contribution in [0, 0.1) is 20.8 Å². The fraction of sp³-hybridized carbons (Fsp3) is 0.259. The van der Waals surface area contributed by atoms with Crippen molar-refractivity contribution in [3.63, 3.8) is 0 Å². The number of ketones is 1. The van der Waals surface area contributed by atoms with Crippen LogP contribution in [0.3, 0.4) is 0 Å². The third-order valence-corrected chi connectivity index (χ3v) is 7.11. The van der Waals surface area contributed by atoms with Crippen molar-refractivity contribution < 1.29 is 29.0 Å². The summed E-state index contributed by atoms with van der Waals surface area (Å²) in [6.45, 7) is 7.23. The number of rotatable bonds is 6. The van der Waals surface area contributed by atoms with Crippen LogP contribution in [0.25, 0.3) is 5.76 Å². The van der Waals surface area contributed by atoms with E-state index in [0.29, 0.717) is 22.6 Å². The number of esters is 1. The molecule has 1 amide bonds. The van der Waals surface area contributed by atoms with Gasteiger partial charge in [0.1, 0.15) is 16.4 Å². The lowest BCUT2D eigenvalue weighted by atomic mass is 9.93. The lowest BCUT2D eigenvalue weighted by molar-refractivity contribution is -0.132. The number of hydrogen-bond donors (Lipinski definition) is 1. The van der Waals surface area contributed by atoms with Gasteiger partial charge in [0, 0.05) is 5.56 Å². The van der Waals surface area contributed by atoms with Gasteiger partial charge in [-0.2, -0.15) is 0 Å². The molecular weight excluding hydrogens is 480 g/mol. The molecule has 1 saturated heterocycles. The third kappa shape index (κ3) is 4.37. The minimum absolute atomic E-state index is 0.0515. The Morgan fingerprint density at radius 2 is 1.81 bits per heavy atom. The average molecular weight is 507 g/mol. The lowest BCUT2D eigenvalue weighted by Gasteiger charge is -2.23. The summed E-state index contributed by atoms with van der Waals surface area (Å²) in [6.07, 6.45) is 0. The van der Waals surface area contributed by atoms with Gasteiger partial charge in [0.25, 0.3) is 5.78 Å². The number of hydrogen-bond acceptors (Lipinski definition) is 8. The normalized spacial score (nSPS) is 16.9. The molecule has 1 N–H and O–H groups in total. The summed E-state index contributed by atoms with van der Waals surface area (Å²) in [5.41, 5.74) is 3.03. The highest BCUT2D eigenvalue weighted by atomic mass is 32.1. The zero-order valence-electron chi connectivity index (χ0n) is 20.6. The predicted molar refractivity (Wildman–Crippen MR) is 137 cm³/mol. The van der Waals surface area contributed by atoms with Crippen LogP contribution in [0.2, 0.25) is 0 Å². The zero-order chi connectivity index (χ0) is 26.1. The molecule has 0 bridgehead atoms. The molecule has 0 saturated carbocycles. The highest BCUT2D eigenvalue weighted by molar-refractivity contribution is 7.17. The first-order valence-corrected chi connectivity index (χ1v) is 12.2. The van der Waals surface area contributed by atoms with Gasteiger partial charge in [-0.1, -0.05) is 41.2 Å². The number of aliphatic hydroxyl groups is 1. The number of ether oxygens (including phenoxy) is 2. The summed E-state index contributed by atoms with van der Waals surface area (Å²) in [4.78, 5) is 45.1. The van der Waals surface area contributed by atoms with Crippen molar-refractivity contribution in [2.75, 3.05) is 18.6 Å². The summed E-state index contributed by atoms with van der Waals surface area (Å²) in [7, 11) is 1.54. The molecule has 186 valence electrons. The second kappa shape index (κ2) is 9.94. The Kier molecular flexibility index (Phi) is 6.94. The largest absolute Gasteiger partial charge is 0.507 e. The van der Waals surface area contributed by atoms with E-state index in [1.807, 2.05) is 26.0 Å². The summed E-state index contributed by atoms with van der Waals surface area (Å²) < 4.78 is 10.4. The Bertz CT molecular complexity index is 1390. The van der Waals surface area contributed by atoms with E-state index in [0.717, 1.165) is 22.5 Å². The number of thiazole rings is 1. The molecule has 36 heavy (non-hydrogen) atoms. The van der Waals surface area contributed by atoms with Gasteiger partial charge < -0.3 is 14.6 Å². The zero-order valence-corrected chi connectivity index (χ0v) is 21.4. The smallest absolute Gasteiger partial charge is 0.350 e. The summed E-state index contributed by atoms with van der Waals surface area (Å²) in [5, 5.41) is 11.6. The predicted octanol–water partition coefficient (Wildman–Crippen LogP) is 4.88. The van der Waals surface area contributed by atoms with Crippen molar-refractivity contribution in [2.45, 2.75) is 33.7 Å². The van der Waals surface area contributed by atoms with Crippen LogP contribution in [-0.2, 0) is 14.3 Å². The van der Waals surface area contributed by atoms with E-state index in [4.69, 9.17) is 9.47 Å². The maximum Gasteiger partial charge on any atom is 0.350 e. The Labute approximate surface area is 212 Å². The minimum atomic E-state index is -0.962. The number of carbonyl (C=O) groups is 3. The molecule has 2 aromatic carbocycles. The lowest BCUT2D eigenvalue weighted by Crippen LogP contribution is -2.29. The first kappa shape index (κ1) is 25.1. The molecule has 0 radical (unpaired) electrons. The van der Waals surface area contributed by atoms with Gasteiger partial charge in [-0.05, 0) is 57.0 Å². The average Bonchev–Trinajstić information content (AvgIpc) is 3.37. The minimum Gasteiger partial charge on any atom is -0.507 e. The number of amides is 1. The van der Waals surface area contributed by atoms with Crippen molar-refractivity contribution in [1.29, 1.82) is 0 Å². The highest BCUT2D eigenvalue weighted by Gasteiger charge is 2.48. The molecule has 0 aliphatic carbocycles. The SMILES string of the molecule is CCOC(=O)c1sc(N2C(=O)C(=O)/C(=C(/O)c3cc(C)ccc3C)C2c2ccc(OC)cc2)nc1C. The van der Waals surface area contributed by atoms with Crippen molar-refractivity contribution in [3.05, 3.63) is 80.9 Å². The topological polar surface area (TPSA) is 106 Å². The molecule has 2 heterocycles. The van der Waals surface area contributed by atoms with Crippen LogP contribution < -0.4 is 9.64 Å². The molecule has 1 aromatic heterocycles. The number of Topliss-reactive ketones (excluding diaryl/α,β-unsaturated/α-hetero) is 1. The number of carbonyl (C=O) groups excluding carboxylic acids is 3. The van der Waals surface area contributed by atoms with Crippen LogP contribution in [0.5, 0.6) is 5.75 Å². The third-order valence-electron chi connectivity index (χ3n) is 5.98. The van der Waals surface area contributed by atoms with E-state index < -0.39 is 23.7 Å². The molecule has 0 spiro atoms. The van der Waals surface area contributed by atoms with E-state index >= 15 is 0 Å². The molecule has 9 heteroatoms. The van der Waals surface area contributed by atoms with Gasteiger partial charge in [-0.3, -0.25) is 14.5 Å². The summed E-state index contributed by atoms with van der Waals surface area (Å²) in [5.74, 6) is -1.89. The van der Waals surface area contributed by atoms with Crippen molar-refractivity contribution >= 4 is 39.9 Å². The van der Waals surface area contributed by atoms with Crippen molar-refractivity contribution in [3.8, 4) is 5.75 Å². The number of aryl methyl sites for hydroxylation is 3. The quantitative estimate of drug-likeness (QED) is 0.220. The first-order valence-electron chi connectivity index (χ1n) is 11.3. The Morgan fingerprint density at radius 3 is 2.44 bits per heavy atom. The maximum absolute atomic E-state index is 13.4. The maximum atomic E-state index is 13.4. The van der Waals surface area contributed by atoms with E-state index in [9.17, 15) is 19.5 Å². The highest BCUT2D eigenvalue weighted by Crippen LogP contribution is 2.44. The van der Waals surface area contributed by atoms with Gasteiger partial charge in [0.2, 0.25) is 0 Å². The molecule has 8 nitrogen and oxygen atoms in total. The van der Waals surface area contributed by atoms with E-state index in [-0.39, 0.29) is 27.9 Å². The van der Waals surface area contributed by atoms with Crippen LogP contribution in [0.15, 0.2) is 48.0 Å². The monoisotopic (exact) mass is 506 g/mol. The second-order valence-electron chi connectivity index (χ2n) is 8.39. The number of nitrogens with zero attached hydrogens (tertiary/aromatic N) is 2. The standard InChI is InChI=1S/C27H26N2O6S/c1-6-35-26(33)24-16(4)28-27(36-24)29-21(17-9-11-18(34-5)12-10-17)20(23(31)25(29)32)22(30)19-13-14(2)7-8-15(19)3/h7-13,21,30H,6H2,1-5H3/b22-20+. The molecule has 1 atom stereocenters.